The Morgan fingerprint density at radius 3 is 2.55 bits per heavy atom. The molecule has 2 aromatic rings. The van der Waals surface area contributed by atoms with Crippen LogP contribution in [-0.2, 0) is 10.0 Å². The summed E-state index contributed by atoms with van der Waals surface area (Å²) in [7, 11) is -3.53. The average Bonchev–Trinajstić information content (AvgIpc) is 2.75. The molecule has 0 unspecified atom stereocenters. The zero-order chi connectivity index (χ0) is 16.5. The van der Waals surface area contributed by atoms with E-state index in [2.05, 4.69) is 0 Å². The van der Waals surface area contributed by atoms with Crippen LogP contribution < -0.4 is 10.0 Å². The van der Waals surface area contributed by atoms with Crippen LogP contribution >= 0.6 is 0 Å². The van der Waals surface area contributed by atoms with E-state index in [1.165, 1.54) is 4.31 Å². The lowest BCUT2D eigenvalue weighted by molar-refractivity contribution is 0.547. The highest BCUT2D eigenvalue weighted by atomic mass is 32.2. The van der Waals surface area contributed by atoms with E-state index in [1.807, 2.05) is 13.8 Å². The highest BCUT2D eigenvalue weighted by Gasteiger charge is 2.27. The van der Waals surface area contributed by atoms with Gasteiger partial charge < -0.3 is 10.2 Å². The van der Waals surface area contributed by atoms with Crippen molar-refractivity contribution in [2.75, 3.05) is 17.1 Å². The fourth-order valence-corrected chi connectivity index (χ4v) is 3.13. The van der Waals surface area contributed by atoms with Crippen molar-refractivity contribution in [3.63, 3.8) is 0 Å². The van der Waals surface area contributed by atoms with Gasteiger partial charge in [-0.05, 0) is 18.4 Å². The second kappa shape index (κ2) is 6.00. The Morgan fingerprint density at radius 1 is 1.36 bits per heavy atom. The molecular formula is C15H21N3O3S. The van der Waals surface area contributed by atoms with Crippen LogP contribution in [0, 0.1) is 11.3 Å². The van der Waals surface area contributed by atoms with Crippen LogP contribution in [0.1, 0.15) is 25.8 Å². The van der Waals surface area contributed by atoms with E-state index in [-0.39, 0.29) is 18.3 Å². The molecule has 0 atom stereocenters. The minimum absolute atomic E-state index is 0.122. The molecule has 22 heavy (non-hydrogen) atoms. The quantitative estimate of drug-likeness (QED) is 0.630. The van der Waals surface area contributed by atoms with Crippen molar-refractivity contribution in [2.45, 2.75) is 20.3 Å². The third kappa shape index (κ3) is 3.24. The van der Waals surface area contributed by atoms with Crippen LogP contribution in [0.15, 0.2) is 28.7 Å². The summed E-state index contributed by atoms with van der Waals surface area (Å²) in [5.41, 5.74) is 6.50. The number of rotatable bonds is 6. The van der Waals surface area contributed by atoms with Crippen molar-refractivity contribution in [1.29, 1.82) is 5.41 Å². The summed E-state index contributed by atoms with van der Waals surface area (Å²) in [4.78, 5) is 0. The van der Waals surface area contributed by atoms with Gasteiger partial charge in [-0.3, -0.25) is 5.41 Å². The molecule has 0 amide bonds. The number of furan rings is 1. The first-order valence-electron chi connectivity index (χ1n) is 7.05. The minimum atomic E-state index is -3.53. The Labute approximate surface area is 130 Å². The van der Waals surface area contributed by atoms with E-state index in [0.29, 0.717) is 28.9 Å². The van der Waals surface area contributed by atoms with Crippen LogP contribution in [0.25, 0.3) is 11.0 Å². The van der Waals surface area contributed by atoms with Gasteiger partial charge in [-0.2, -0.15) is 0 Å². The molecule has 0 spiro atoms. The lowest BCUT2D eigenvalue weighted by Crippen LogP contribution is -2.33. The number of anilines is 1. The number of nitrogens with two attached hydrogens (primary N) is 1. The number of nitrogen functional groups attached to an aromatic ring is 1. The molecule has 6 nitrogen and oxygen atoms in total. The summed E-state index contributed by atoms with van der Waals surface area (Å²) in [5, 5.41) is 8.43. The highest BCUT2D eigenvalue weighted by Crippen LogP contribution is 2.33. The molecule has 1 aromatic carbocycles. The number of nitrogens with one attached hydrogen (secondary N) is 1. The van der Waals surface area contributed by atoms with E-state index >= 15 is 0 Å². The molecule has 120 valence electrons. The minimum Gasteiger partial charge on any atom is -0.439 e. The maximum atomic E-state index is 12.2. The second-order valence-electron chi connectivity index (χ2n) is 5.71. The molecule has 0 aliphatic heterocycles. The predicted octanol–water partition coefficient (Wildman–Crippen LogP) is 2.53. The van der Waals surface area contributed by atoms with Gasteiger partial charge in [0.1, 0.15) is 11.4 Å². The van der Waals surface area contributed by atoms with E-state index < -0.39 is 10.0 Å². The fraction of sp³-hybridized carbons (Fsp3) is 0.400. The van der Waals surface area contributed by atoms with Gasteiger partial charge in [-0.25, -0.2) is 12.7 Å². The Balaban J connectivity index is 2.63. The molecule has 0 bridgehead atoms. The van der Waals surface area contributed by atoms with Gasteiger partial charge in [0.25, 0.3) is 0 Å². The normalized spacial score (nSPS) is 12.0. The van der Waals surface area contributed by atoms with Gasteiger partial charge in [-0.1, -0.05) is 32.0 Å². The first-order chi connectivity index (χ1) is 10.2. The van der Waals surface area contributed by atoms with Crippen LogP contribution in [0.2, 0.25) is 0 Å². The van der Waals surface area contributed by atoms with Crippen molar-refractivity contribution < 1.29 is 12.8 Å². The molecule has 0 aliphatic carbocycles. The van der Waals surface area contributed by atoms with Crippen molar-refractivity contribution in [3.8, 4) is 0 Å². The Kier molecular flexibility index (Phi) is 4.46. The lowest BCUT2D eigenvalue weighted by Gasteiger charge is -2.21. The molecule has 3 N–H and O–H groups in total. The predicted molar refractivity (Wildman–Crippen MR) is 88.9 cm³/mol. The van der Waals surface area contributed by atoms with E-state index in [1.54, 1.807) is 24.3 Å². The first-order valence-corrected chi connectivity index (χ1v) is 8.90. The SMILES string of the molecule is CC(C)CCN(c1oc2ccccc2c1C(=N)N)S(C)(=O)=O. The Bertz CT molecular complexity index is 793. The van der Waals surface area contributed by atoms with Gasteiger partial charge in [0, 0.05) is 11.9 Å². The van der Waals surface area contributed by atoms with Crippen molar-refractivity contribution in [2.24, 2.45) is 11.7 Å². The third-order valence-electron chi connectivity index (χ3n) is 3.38. The van der Waals surface area contributed by atoms with Gasteiger partial charge in [0.2, 0.25) is 15.9 Å². The van der Waals surface area contributed by atoms with E-state index in [0.717, 1.165) is 6.26 Å². The largest absolute Gasteiger partial charge is 0.439 e. The zero-order valence-corrected chi connectivity index (χ0v) is 13.8. The lowest BCUT2D eigenvalue weighted by atomic mass is 10.1. The number of hydrogen-bond acceptors (Lipinski definition) is 4. The topological polar surface area (TPSA) is 100 Å². The molecule has 0 fully saturated rings. The number of fused-ring (bicyclic) bond motifs is 1. The summed E-state index contributed by atoms with van der Waals surface area (Å²) < 4.78 is 31.2. The molecule has 0 saturated heterocycles. The van der Waals surface area contributed by atoms with Crippen molar-refractivity contribution in [1.82, 2.24) is 0 Å². The van der Waals surface area contributed by atoms with Crippen molar-refractivity contribution in [3.05, 3.63) is 29.8 Å². The summed E-state index contributed by atoms with van der Waals surface area (Å²) >= 11 is 0. The number of hydrogen-bond donors (Lipinski definition) is 2. The van der Waals surface area contributed by atoms with Crippen LogP contribution in [0.5, 0.6) is 0 Å². The standard InChI is InChI=1S/C15H21N3O3S/c1-10(2)8-9-18(22(3,19)20)15-13(14(16)17)11-6-4-5-7-12(11)21-15/h4-7,10H,8-9H2,1-3H3,(H3,16,17). The van der Waals surface area contributed by atoms with Crippen LogP contribution in [-0.4, -0.2) is 27.1 Å². The summed E-state index contributed by atoms with van der Waals surface area (Å²) in [6, 6.07) is 7.08. The number of para-hydroxylation sites is 1. The molecule has 1 heterocycles. The molecule has 1 aromatic heterocycles. The van der Waals surface area contributed by atoms with E-state index in [4.69, 9.17) is 15.6 Å². The zero-order valence-electron chi connectivity index (χ0n) is 13.0. The molecular weight excluding hydrogens is 302 g/mol. The number of benzene rings is 1. The summed E-state index contributed by atoms with van der Waals surface area (Å²) in [6.07, 6.45) is 1.81. The Hall–Kier alpha value is -2.02. The molecule has 0 saturated carbocycles. The summed E-state index contributed by atoms with van der Waals surface area (Å²) in [5.74, 6) is 0.254. The van der Waals surface area contributed by atoms with Crippen LogP contribution in [0.3, 0.4) is 0 Å². The molecule has 2 rings (SSSR count). The van der Waals surface area contributed by atoms with Crippen molar-refractivity contribution >= 4 is 32.7 Å². The number of nitrogens with zero attached hydrogens (tertiary/aromatic N) is 1. The van der Waals surface area contributed by atoms with Crippen LogP contribution in [0.4, 0.5) is 5.88 Å². The first kappa shape index (κ1) is 16.4. The molecule has 7 heteroatoms. The third-order valence-corrected chi connectivity index (χ3v) is 4.53. The second-order valence-corrected chi connectivity index (χ2v) is 7.62. The van der Waals surface area contributed by atoms with Gasteiger partial charge in [0.05, 0.1) is 11.8 Å². The maximum absolute atomic E-state index is 12.2. The average molecular weight is 323 g/mol. The monoisotopic (exact) mass is 323 g/mol. The molecule has 0 radical (unpaired) electrons. The highest BCUT2D eigenvalue weighted by molar-refractivity contribution is 7.92. The number of sulfonamides is 1. The fourth-order valence-electron chi connectivity index (χ4n) is 2.26. The molecule has 0 aliphatic rings. The van der Waals surface area contributed by atoms with Gasteiger partial charge in [0.15, 0.2) is 0 Å². The smallest absolute Gasteiger partial charge is 0.234 e. The maximum Gasteiger partial charge on any atom is 0.234 e. The van der Waals surface area contributed by atoms with Gasteiger partial charge >= 0.3 is 0 Å². The van der Waals surface area contributed by atoms with E-state index in [9.17, 15) is 8.42 Å². The Morgan fingerprint density at radius 2 is 2.00 bits per heavy atom. The van der Waals surface area contributed by atoms with Gasteiger partial charge in [-0.15, -0.1) is 0 Å². The summed E-state index contributed by atoms with van der Waals surface area (Å²) in [6.45, 7) is 4.33. The number of amidine groups is 1.